The van der Waals surface area contributed by atoms with Crippen LogP contribution in [0.5, 0.6) is 0 Å². The Balaban J connectivity index is 2.54. The summed E-state index contributed by atoms with van der Waals surface area (Å²) in [5, 5.41) is 9.24. The Hall–Kier alpha value is -0.120. The molecule has 0 aromatic rings. The van der Waals surface area contributed by atoms with Crippen LogP contribution in [0.2, 0.25) is 0 Å². The lowest BCUT2D eigenvalue weighted by atomic mass is 9.89. The van der Waals surface area contributed by atoms with Gasteiger partial charge >= 0.3 is 0 Å². The van der Waals surface area contributed by atoms with Crippen LogP contribution < -0.4 is 0 Å². The highest BCUT2D eigenvalue weighted by atomic mass is 16.6. The third kappa shape index (κ3) is 1.92. The predicted octanol–water partition coefficient (Wildman–Crippen LogP) is 0.639. The molecule has 1 saturated heterocycles. The number of ether oxygens (including phenoxy) is 1. The highest BCUT2D eigenvalue weighted by Crippen LogP contribution is 2.28. The van der Waals surface area contributed by atoms with Crippen LogP contribution in [0.4, 0.5) is 0 Å². The van der Waals surface area contributed by atoms with Crippen molar-refractivity contribution in [1.82, 2.24) is 4.90 Å². The van der Waals surface area contributed by atoms with Gasteiger partial charge in [0.25, 0.3) is 0 Å². The number of aliphatic hydroxyl groups excluding tert-OH is 1. The van der Waals surface area contributed by atoms with Crippen LogP contribution in [0.25, 0.3) is 0 Å². The summed E-state index contributed by atoms with van der Waals surface area (Å²) in [6, 6.07) is 0. The minimum Gasteiger partial charge on any atom is -0.356 e. The monoisotopic (exact) mass is 159 g/mol. The lowest BCUT2D eigenvalue weighted by Crippen LogP contribution is -2.29. The van der Waals surface area contributed by atoms with E-state index in [4.69, 9.17) is 4.74 Å². The van der Waals surface area contributed by atoms with Crippen molar-refractivity contribution in [2.24, 2.45) is 5.41 Å². The van der Waals surface area contributed by atoms with Gasteiger partial charge in [-0.05, 0) is 12.5 Å². The van der Waals surface area contributed by atoms with Crippen LogP contribution in [-0.4, -0.2) is 36.1 Å². The summed E-state index contributed by atoms with van der Waals surface area (Å²) in [4.78, 5) is 1.80. The molecule has 11 heavy (non-hydrogen) atoms. The van der Waals surface area contributed by atoms with Gasteiger partial charge in [-0.15, -0.1) is 0 Å². The summed E-state index contributed by atoms with van der Waals surface area (Å²) in [6.45, 7) is 7.15. The summed E-state index contributed by atoms with van der Waals surface area (Å²) >= 11 is 0. The number of rotatable bonds is 0. The van der Waals surface area contributed by atoms with Gasteiger partial charge in [0.1, 0.15) is 0 Å². The molecule has 0 aliphatic carbocycles. The van der Waals surface area contributed by atoms with Crippen LogP contribution in [0, 0.1) is 5.41 Å². The molecule has 1 rings (SSSR count). The zero-order valence-corrected chi connectivity index (χ0v) is 7.66. The molecule has 0 amide bonds. The van der Waals surface area contributed by atoms with Crippen LogP contribution in [0.1, 0.15) is 20.8 Å². The molecule has 0 aromatic heterocycles. The molecule has 1 aliphatic heterocycles. The predicted molar refractivity (Wildman–Crippen MR) is 43.0 cm³/mol. The van der Waals surface area contributed by atoms with E-state index in [2.05, 4.69) is 20.8 Å². The van der Waals surface area contributed by atoms with Gasteiger partial charge in [0.2, 0.25) is 6.41 Å². The van der Waals surface area contributed by atoms with Crippen molar-refractivity contribution in [3.63, 3.8) is 0 Å². The molecular formula is C8H17NO2. The van der Waals surface area contributed by atoms with E-state index in [0.717, 1.165) is 6.54 Å². The van der Waals surface area contributed by atoms with Gasteiger partial charge in [0.15, 0.2) is 0 Å². The fourth-order valence-corrected chi connectivity index (χ4v) is 1.12. The number of aliphatic hydroxyl groups is 1. The number of likely N-dealkylation sites (N-methyl/N-ethyl adjacent to an activating group) is 1. The molecule has 3 heteroatoms. The number of hydrogen-bond acceptors (Lipinski definition) is 3. The Morgan fingerprint density at radius 3 is 2.18 bits per heavy atom. The van der Waals surface area contributed by atoms with Crippen molar-refractivity contribution >= 4 is 0 Å². The molecule has 1 fully saturated rings. The highest BCUT2D eigenvalue weighted by Gasteiger charge is 2.36. The molecule has 0 aromatic carbocycles. The van der Waals surface area contributed by atoms with E-state index in [-0.39, 0.29) is 11.5 Å². The Morgan fingerprint density at radius 2 is 2.00 bits per heavy atom. The second-order valence-electron chi connectivity index (χ2n) is 4.26. The zero-order valence-electron chi connectivity index (χ0n) is 7.66. The Kier molecular flexibility index (Phi) is 2.23. The van der Waals surface area contributed by atoms with E-state index in [1.54, 1.807) is 4.90 Å². The zero-order chi connectivity index (χ0) is 8.65. The Labute approximate surface area is 68.0 Å². The second-order valence-corrected chi connectivity index (χ2v) is 4.26. The minimum atomic E-state index is -0.709. The maximum atomic E-state index is 9.24. The summed E-state index contributed by atoms with van der Waals surface area (Å²) in [6.07, 6.45) is -0.568. The first-order valence-corrected chi connectivity index (χ1v) is 3.95. The van der Waals surface area contributed by atoms with E-state index < -0.39 is 6.41 Å². The summed E-state index contributed by atoms with van der Waals surface area (Å²) < 4.78 is 5.32. The maximum Gasteiger partial charge on any atom is 0.216 e. The van der Waals surface area contributed by atoms with Gasteiger partial charge < -0.3 is 9.84 Å². The maximum absolute atomic E-state index is 9.24. The van der Waals surface area contributed by atoms with Gasteiger partial charge in [0, 0.05) is 6.54 Å². The standard InChI is InChI=1S/C8H17NO2/c1-8(2,3)6-5-9(4)7(10)11-6/h6-7,10H,5H2,1-4H3. The van der Waals surface area contributed by atoms with E-state index in [9.17, 15) is 5.11 Å². The van der Waals surface area contributed by atoms with Gasteiger partial charge in [-0.1, -0.05) is 20.8 Å². The molecule has 0 radical (unpaired) electrons. The fraction of sp³-hybridized carbons (Fsp3) is 1.00. The van der Waals surface area contributed by atoms with E-state index >= 15 is 0 Å². The molecule has 2 unspecified atom stereocenters. The molecule has 2 atom stereocenters. The minimum absolute atomic E-state index is 0.117. The average Bonchev–Trinajstić information content (AvgIpc) is 2.11. The van der Waals surface area contributed by atoms with E-state index in [0.29, 0.717) is 0 Å². The SMILES string of the molecule is CN1CC(C(C)(C)C)OC1O. The fourth-order valence-electron chi connectivity index (χ4n) is 1.12. The molecule has 1 N–H and O–H groups in total. The van der Waals surface area contributed by atoms with E-state index in [1.165, 1.54) is 0 Å². The van der Waals surface area contributed by atoms with Crippen molar-refractivity contribution in [2.45, 2.75) is 33.3 Å². The van der Waals surface area contributed by atoms with Crippen LogP contribution >= 0.6 is 0 Å². The van der Waals surface area contributed by atoms with E-state index in [1.807, 2.05) is 7.05 Å². The lowest BCUT2D eigenvalue weighted by Gasteiger charge is -2.24. The van der Waals surface area contributed by atoms with Crippen molar-refractivity contribution in [2.75, 3.05) is 13.6 Å². The number of hydrogen-bond donors (Lipinski definition) is 1. The first-order chi connectivity index (χ1) is 4.91. The van der Waals surface area contributed by atoms with Crippen molar-refractivity contribution < 1.29 is 9.84 Å². The normalized spacial score (nSPS) is 34.6. The quantitative estimate of drug-likeness (QED) is 0.563. The largest absolute Gasteiger partial charge is 0.356 e. The van der Waals surface area contributed by atoms with Gasteiger partial charge in [0.05, 0.1) is 6.10 Å². The Morgan fingerprint density at radius 1 is 1.45 bits per heavy atom. The molecule has 66 valence electrons. The first-order valence-electron chi connectivity index (χ1n) is 3.95. The summed E-state index contributed by atoms with van der Waals surface area (Å²) in [5.74, 6) is 0. The lowest BCUT2D eigenvalue weighted by molar-refractivity contribution is -0.157. The average molecular weight is 159 g/mol. The third-order valence-corrected chi connectivity index (χ3v) is 2.08. The molecule has 3 nitrogen and oxygen atoms in total. The third-order valence-electron chi connectivity index (χ3n) is 2.08. The summed E-state index contributed by atoms with van der Waals surface area (Å²) in [7, 11) is 1.86. The molecule has 0 bridgehead atoms. The molecule has 0 saturated carbocycles. The van der Waals surface area contributed by atoms with Crippen LogP contribution in [-0.2, 0) is 4.74 Å². The molecule has 0 spiro atoms. The topological polar surface area (TPSA) is 32.7 Å². The first kappa shape index (κ1) is 8.97. The van der Waals surface area contributed by atoms with Gasteiger partial charge in [-0.25, -0.2) is 0 Å². The van der Waals surface area contributed by atoms with Crippen LogP contribution in [0.15, 0.2) is 0 Å². The van der Waals surface area contributed by atoms with Crippen molar-refractivity contribution in [1.29, 1.82) is 0 Å². The smallest absolute Gasteiger partial charge is 0.216 e. The van der Waals surface area contributed by atoms with Crippen molar-refractivity contribution in [3.8, 4) is 0 Å². The second kappa shape index (κ2) is 2.73. The molecule has 1 heterocycles. The van der Waals surface area contributed by atoms with Crippen LogP contribution in [0.3, 0.4) is 0 Å². The number of nitrogens with zero attached hydrogens (tertiary/aromatic N) is 1. The van der Waals surface area contributed by atoms with Crippen molar-refractivity contribution in [3.05, 3.63) is 0 Å². The Bertz CT molecular complexity index is 132. The van der Waals surface area contributed by atoms with Gasteiger partial charge in [-0.2, -0.15) is 0 Å². The molecular weight excluding hydrogens is 142 g/mol. The summed E-state index contributed by atoms with van der Waals surface area (Å²) in [5.41, 5.74) is 0.117. The molecule has 1 aliphatic rings. The highest BCUT2D eigenvalue weighted by molar-refractivity contribution is 4.81. The van der Waals surface area contributed by atoms with Gasteiger partial charge in [-0.3, -0.25) is 4.90 Å².